The number of ether oxygens (including phenoxy) is 1. The lowest BCUT2D eigenvalue weighted by Gasteiger charge is -2.09. The van der Waals surface area contributed by atoms with Gasteiger partial charge in [-0.05, 0) is 36.4 Å². The average Bonchev–Trinajstić information content (AvgIpc) is 2.44. The van der Waals surface area contributed by atoms with E-state index in [4.69, 9.17) is 22.1 Å². The molecule has 3 aromatic rings. The van der Waals surface area contributed by atoms with Gasteiger partial charge in [0.05, 0.1) is 10.7 Å². The van der Waals surface area contributed by atoms with Crippen molar-refractivity contribution in [2.45, 2.75) is 0 Å². The Morgan fingerprint density at radius 3 is 2.63 bits per heavy atom. The molecule has 0 fully saturated rings. The Balaban J connectivity index is 2.12. The number of nitrogens with zero attached hydrogens (tertiary/aromatic N) is 2. The molecule has 0 amide bonds. The highest BCUT2D eigenvalue weighted by Crippen LogP contribution is 2.33. The summed E-state index contributed by atoms with van der Waals surface area (Å²) in [7, 11) is 0. The van der Waals surface area contributed by atoms with Gasteiger partial charge in [0.2, 0.25) is 5.88 Å². The summed E-state index contributed by atoms with van der Waals surface area (Å²) in [5.41, 5.74) is 6.96. The lowest BCUT2D eigenvalue weighted by atomic mass is 10.2. The average molecular weight is 272 g/mol. The molecule has 0 aliphatic carbocycles. The van der Waals surface area contributed by atoms with Crippen LogP contribution in [0.15, 0.2) is 48.8 Å². The summed E-state index contributed by atoms with van der Waals surface area (Å²) in [6.45, 7) is 0. The summed E-state index contributed by atoms with van der Waals surface area (Å²) in [6.07, 6.45) is 3.31. The van der Waals surface area contributed by atoms with Gasteiger partial charge in [-0.2, -0.15) is 0 Å². The van der Waals surface area contributed by atoms with Gasteiger partial charge in [0, 0.05) is 17.8 Å². The van der Waals surface area contributed by atoms with Crippen LogP contribution in [-0.2, 0) is 0 Å². The molecule has 94 valence electrons. The molecule has 0 unspecified atom stereocenters. The highest BCUT2D eigenvalue weighted by Gasteiger charge is 2.09. The molecule has 0 saturated carbocycles. The molecule has 0 atom stereocenters. The van der Waals surface area contributed by atoms with E-state index in [9.17, 15) is 0 Å². The molecule has 2 aromatic heterocycles. The van der Waals surface area contributed by atoms with Crippen LogP contribution in [0.3, 0.4) is 0 Å². The van der Waals surface area contributed by atoms with Gasteiger partial charge in [-0.3, -0.25) is 4.98 Å². The second kappa shape index (κ2) is 4.74. The van der Waals surface area contributed by atoms with Gasteiger partial charge in [0.15, 0.2) is 5.75 Å². The number of rotatable bonds is 2. The standard InChI is InChI=1S/C14H10ClN3O/c15-10-5-6-12(13-9(10)3-1-7-17-13)19-14-11(16)4-2-8-18-14/h1-8H,16H2. The van der Waals surface area contributed by atoms with Crippen molar-refractivity contribution in [1.82, 2.24) is 9.97 Å². The van der Waals surface area contributed by atoms with Gasteiger partial charge in [0.25, 0.3) is 0 Å². The molecular formula is C14H10ClN3O. The zero-order valence-corrected chi connectivity index (χ0v) is 10.6. The Bertz CT molecular complexity index is 746. The summed E-state index contributed by atoms with van der Waals surface area (Å²) >= 11 is 6.13. The number of nitrogen functional groups attached to an aromatic ring is 1. The number of anilines is 1. The molecule has 0 radical (unpaired) electrons. The maximum Gasteiger partial charge on any atom is 0.242 e. The van der Waals surface area contributed by atoms with E-state index >= 15 is 0 Å². The number of pyridine rings is 2. The van der Waals surface area contributed by atoms with E-state index in [0.717, 1.165) is 5.39 Å². The number of hydrogen-bond donors (Lipinski definition) is 1. The van der Waals surface area contributed by atoms with Gasteiger partial charge in [-0.25, -0.2) is 4.98 Å². The van der Waals surface area contributed by atoms with Crippen LogP contribution in [0, 0.1) is 0 Å². The van der Waals surface area contributed by atoms with Crippen molar-refractivity contribution in [3.8, 4) is 11.6 Å². The molecule has 0 aliphatic rings. The molecule has 0 bridgehead atoms. The predicted octanol–water partition coefficient (Wildman–Crippen LogP) is 3.66. The summed E-state index contributed by atoms with van der Waals surface area (Å²) in [5, 5.41) is 1.46. The number of benzene rings is 1. The fourth-order valence-electron chi connectivity index (χ4n) is 1.79. The van der Waals surface area contributed by atoms with Crippen molar-refractivity contribution in [2.75, 3.05) is 5.73 Å². The van der Waals surface area contributed by atoms with Crippen LogP contribution >= 0.6 is 11.6 Å². The zero-order chi connectivity index (χ0) is 13.2. The fourth-order valence-corrected chi connectivity index (χ4v) is 2.00. The molecule has 2 heterocycles. The minimum absolute atomic E-state index is 0.358. The second-order valence-corrected chi connectivity index (χ2v) is 4.35. The molecular weight excluding hydrogens is 262 g/mol. The van der Waals surface area contributed by atoms with E-state index in [1.54, 1.807) is 36.7 Å². The third-order valence-electron chi connectivity index (χ3n) is 2.69. The largest absolute Gasteiger partial charge is 0.435 e. The van der Waals surface area contributed by atoms with E-state index in [0.29, 0.717) is 27.9 Å². The molecule has 0 spiro atoms. The van der Waals surface area contributed by atoms with Crippen LogP contribution in [0.4, 0.5) is 5.69 Å². The number of nitrogens with two attached hydrogens (primary N) is 1. The minimum Gasteiger partial charge on any atom is -0.435 e. The van der Waals surface area contributed by atoms with Crippen LogP contribution in [0.1, 0.15) is 0 Å². The number of fused-ring (bicyclic) bond motifs is 1. The topological polar surface area (TPSA) is 61.0 Å². The summed E-state index contributed by atoms with van der Waals surface area (Å²) < 4.78 is 5.72. The normalized spacial score (nSPS) is 10.6. The molecule has 4 nitrogen and oxygen atoms in total. The predicted molar refractivity (Wildman–Crippen MR) is 75.5 cm³/mol. The Morgan fingerprint density at radius 2 is 1.79 bits per heavy atom. The third-order valence-corrected chi connectivity index (χ3v) is 3.02. The molecule has 5 heteroatoms. The van der Waals surface area contributed by atoms with E-state index in [-0.39, 0.29) is 0 Å². The van der Waals surface area contributed by atoms with Crippen molar-refractivity contribution >= 4 is 28.2 Å². The van der Waals surface area contributed by atoms with Gasteiger partial charge in [0.1, 0.15) is 5.52 Å². The van der Waals surface area contributed by atoms with Crippen molar-refractivity contribution in [1.29, 1.82) is 0 Å². The minimum atomic E-state index is 0.358. The first-order valence-corrected chi connectivity index (χ1v) is 6.05. The molecule has 19 heavy (non-hydrogen) atoms. The van der Waals surface area contributed by atoms with E-state index in [1.165, 1.54) is 0 Å². The zero-order valence-electron chi connectivity index (χ0n) is 9.88. The van der Waals surface area contributed by atoms with Crippen LogP contribution in [0.5, 0.6) is 11.6 Å². The highest BCUT2D eigenvalue weighted by atomic mass is 35.5. The Labute approximate surface area is 114 Å². The quantitative estimate of drug-likeness (QED) is 0.773. The first kappa shape index (κ1) is 11.7. The molecule has 0 saturated heterocycles. The lowest BCUT2D eigenvalue weighted by molar-refractivity contribution is 0.470. The molecule has 2 N–H and O–H groups in total. The Hall–Kier alpha value is -2.33. The molecule has 3 rings (SSSR count). The monoisotopic (exact) mass is 271 g/mol. The summed E-state index contributed by atoms with van der Waals surface area (Å²) in [4.78, 5) is 8.38. The first-order valence-electron chi connectivity index (χ1n) is 5.67. The van der Waals surface area contributed by atoms with Crippen molar-refractivity contribution < 1.29 is 4.74 Å². The third kappa shape index (κ3) is 2.18. The van der Waals surface area contributed by atoms with E-state index < -0.39 is 0 Å². The Morgan fingerprint density at radius 1 is 1.00 bits per heavy atom. The van der Waals surface area contributed by atoms with E-state index in [1.807, 2.05) is 12.1 Å². The maximum absolute atomic E-state index is 6.13. The van der Waals surface area contributed by atoms with Gasteiger partial charge < -0.3 is 10.5 Å². The van der Waals surface area contributed by atoms with Gasteiger partial charge >= 0.3 is 0 Å². The number of hydrogen-bond acceptors (Lipinski definition) is 4. The second-order valence-electron chi connectivity index (χ2n) is 3.94. The Kier molecular flexibility index (Phi) is 2.93. The first-order chi connectivity index (χ1) is 9.25. The van der Waals surface area contributed by atoms with E-state index in [2.05, 4.69) is 9.97 Å². The van der Waals surface area contributed by atoms with Crippen LogP contribution in [0.25, 0.3) is 10.9 Å². The van der Waals surface area contributed by atoms with Crippen LogP contribution in [0.2, 0.25) is 5.02 Å². The van der Waals surface area contributed by atoms with Crippen molar-refractivity contribution in [3.63, 3.8) is 0 Å². The highest BCUT2D eigenvalue weighted by molar-refractivity contribution is 6.35. The summed E-state index contributed by atoms with van der Waals surface area (Å²) in [6, 6.07) is 10.7. The number of aromatic nitrogens is 2. The van der Waals surface area contributed by atoms with Gasteiger partial charge in [-0.15, -0.1) is 0 Å². The van der Waals surface area contributed by atoms with Crippen LogP contribution in [-0.4, -0.2) is 9.97 Å². The molecule has 1 aromatic carbocycles. The van der Waals surface area contributed by atoms with Gasteiger partial charge in [-0.1, -0.05) is 11.6 Å². The summed E-state index contributed by atoms with van der Waals surface area (Å²) in [5.74, 6) is 0.933. The fraction of sp³-hybridized carbons (Fsp3) is 0. The van der Waals surface area contributed by atoms with Crippen LogP contribution < -0.4 is 10.5 Å². The molecule has 0 aliphatic heterocycles. The van der Waals surface area contributed by atoms with Crippen molar-refractivity contribution in [2.24, 2.45) is 0 Å². The maximum atomic E-state index is 6.13. The lowest BCUT2D eigenvalue weighted by Crippen LogP contribution is -1.95. The smallest absolute Gasteiger partial charge is 0.242 e. The van der Waals surface area contributed by atoms with Crippen molar-refractivity contribution in [3.05, 3.63) is 53.8 Å². The number of halogens is 1. The SMILES string of the molecule is Nc1cccnc1Oc1ccc(Cl)c2cccnc12.